The van der Waals surface area contributed by atoms with Gasteiger partial charge in [0, 0.05) is 18.8 Å². The summed E-state index contributed by atoms with van der Waals surface area (Å²) in [5, 5.41) is 0. The number of aryl methyl sites for hydroxylation is 1. The van der Waals surface area contributed by atoms with E-state index in [1.807, 2.05) is 37.3 Å². The van der Waals surface area contributed by atoms with E-state index in [1.165, 1.54) is 10.4 Å². The molecule has 2 heterocycles. The molecule has 0 aliphatic carbocycles. The number of nitrogens with zero attached hydrogens (tertiary/aromatic N) is 1. The highest BCUT2D eigenvalue weighted by Crippen LogP contribution is 2.31. The molecule has 0 atom stereocenters. The summed E-state index contributed by atoms with van der Waals surface area (Å²) >= 11 is 7.01. The van der Waals surface area contributed by atoms with Gasteiger partial charge in [0.05, 0.1) is 10.9 Å². The molecular weight excluding hydrogens is 444 g/mol. The van der Waals surface area contributed by atoms with Crippen LogP contribution in [0.3, 0.4) is 0 Å². The van der Waals surface area contributed by atoms with Crippen LogP contribution in [-0.4, -0.2) is 30.3 Å². The third kappa shape index (κ3) is 4.78. The molecule has 3 rings (SSSR count). The SMILES string of the molecule is CCOC(=O)c1[nH]c(C)c(CN(Cc2ccccc2)S(=O)(=O)c2ccc(Cl)s2)c1C. The number of esters is 1. The number of ether oxygens (including phenoxy) is 1. The summed E-state index contributed by atoms with van der Waals surface area (Å²) in [7, 11) is -3.79. The van der Waals surface area contributed by atoms with Gasteiger partial charge in [-0.05, 0) is 49.6 Å². The van der Waals surface area contributed by atoms with Gasteiger partial charge in [-0.1, -0.05) is 41.9 Å². The lowest BCUT2D eigenvalue weighted by Crippen LogP contribution is -2.30. The standard InChI is InChI=1S/C21H23ClN2O4S2/c1-4-28-21(25)20-14(2)17(15(3)23-20)13-24(12-16-8-6-5-7-9-16)30(26,27)19-11-10-18(22)29-19/h5-11,23H,4,12-13H2,1-3H3. The Hall–Kier alpha value is -2.13. The highest BCUT2D eigenvalue weighted by Gasteiger charge is 2.29. The molecule has 9 heteroatoms. The molecule has 0 radical (unpaired) electrons. The number of aromatic amines is 1. The first kappa shape index (κ1) is 22.6. The van der Waals surface area contributed by atoms with Gasteiger partial charge in [0.1, 0.15) is 9.90 Å². The van der Waals surface area contributed by atoms with Gasteiger partial charge in [-0.15, -0.1) is 11.3 Å². The van der Waals surface area contributed by atoms with E-state index in [1.54, 1.807) is 19.9 Å². The monoisotopic (exact) mass is 466 g/mol. The van der Waals surface area contributed by atoms with E-state index in [9.17, 15) is 13.2 Å². The second-order valence-electron chi connectivity index (χ2n) is 6.77. The molecule has 0 bridgehead atoms. The Morgan fingerprint density at radius 2 is 1.83 bits per heavy atom. The average molecular weight is 467 g/mol. The van der Waals surface area contributed by atoms with Gasteiger partial charge >= 0.3 is 5.97 Å². The van der Waals surface area contributed by atoms with Crippen molar-refractivity contribution in [2.45, 2.75) is 38.1 Å². The van der Waals surface area contributed by atoms with E-state index in [0.29, 0.717) is 15.6 Å². The smallest absolute Gasteiger partial charge is 0.355 e. The van der Waals surface area contributed by atoms with Gasteiger partial charge < -0.3 is 9.72 Å². The zero-order chi connectivity index (χ0) is 21.9. The predicted octanol–water partition coefficient (Wildman–Crippen LogP) is 4.91. The molecule has 1 N–H and O–H groups in total. The van der Waals surface area contributed by atoms with Crippen molar-refractivity contribution in [2.24, 2.45) is 0 Å². The number of rotatable bonds is 8. The van der Waals surface area contributed by atoms with Crippen molar-refractivity contribution in [3.63, 3.8) is 0 Å². The van der Waals surface area contributed by atoms with Crippen LogP contribution < -0.4 is 0 Å². The maximum atomic E-state index is 13.4. The third-order valence-corrected chi connectivity index (χ3v) is 8.24. The first-order valence-corrected chi connectivity index (χ1v) is 12.0. The lowest BCUT2D eigenvalue weighted by atomic mass is 10.1. The van der Waals surface area contributed by atoms with Crippen LogP contribution in [0.1, 0.15) is 39.8 Å². The van der Waals surface area contributed by atoms with Crippen molar-refractivity contribution in [1.29, 1.82) is 0 Å². The fourth-order valence-corrected chi connectivity index (χ4v) is 6.22. The Balaban J connectivity index is 2.01. The summed E-state index contributed by atoms with van der Waals surface area (Å²) in [5.74, 6) is -0.452. The Kier molecular flexibility index (Phi) is 7.02. The number of sulfonamides is 1. The first-order chi connectivity index (χ1) is 14.2. The van der Waals surface area contributed by atoms with Crippen LogP contribution in [0.2, 0.25) is 4.34 Å². The van der Waals surface area contributed by atoms with Gasteiger partial charge in [-0.25, -0.2) is 13.2 Å². The van der Waals surface area contributed by atoms with E-state index in [0.717, 1.165) is 28.2 Å². The fourth-order valence-electron chi connectivity index (χ4n) is 3.19. The maximum Gasteiger partial charge on any atom is 0.355 e. The van der Waals surface area contributed by atoms with Crippen LogP contribution in [0.15, 0.2) is 46.7 Å². The number of carbonyl (C=O) groups excluding carboxylic acids is 1. The Morgan fingerprint density at radius 3 is 2.43 bits per heavy atom. The van der Waals surface area contributed by atoms with Crippen molar-refractivity contribution in [3.05, 3.63) is 74.9 Å². The molecule has 6 nitrogen and oxygen atoms in total. The first-order valence-electron chi connectivity index (χ1n) is 9.38. The van der Waals surface area contributed by atoms with E-state index in [-0.39, 0.29) is 23.9 Å². The molecular formula is C21H23ClN2O4S2. The summed E-state index contributed by atoms with van der Waals surface area (Å²) in [6.45, 7) is 5.92. The molecule has 0 saturated carbocycles. The van der Waals surface area contributed by atoms with E-state index in [2.05, 4.69) is 4.98 Å². The zero-order valence-electron chi connectivity index (χ0n) is 16.9. The van der Waals surface area contributed by atoms with Gasteiger partial charge in [-0.2, -0.15) is 4.31 Å². The average Bonchev–Trinajstić information content (AvgIpc) is 3.27. The predicted molar refractivity (Wildman–Crippen MR) is 118 cm³/mol. The van der Waals surface area contributed by atoms with Crippen molar-refractivity contribution in [1.82, 2.24) is 9.29 Å². The molecule has 0 aliphatic rings. The van der Waals surface area contributed by atoms with Crippen LogP contribution in [0, 0.1) is 13.8 Å². The van der Waals surface area contributed by atoms with Crippen molar-refractivity contribution < 1.29 is 17.9 Å². The van der Waals surface area contributed by atoms with Gasteiger partial charge in [0.15, 0.2) is 0 Å². The van der Waals surface area contributed by atoms with Crippen LogP contribution >= 0.6 is 22.9 Å². The Morgan fingerprint density at radius 1 is 1.13 bits per heavy atom. The third-order valence-electron chi connectivity index (χ3n) is 4.75. The Labute approximate surface area is 185 Å². The van der Waals surface area contributed by atoms with Crippen LogP contribution in [0.4, 0.5) is 0 Å². The molecule has 0 saturated heterocycles. The van der Waals surface area contributed by atoms with Crippen LogP contribution in [-0.2, 0) is 27.8 Å². The second-order valence-corrected chi connectivity index (χ2v) is 10.6. The quantitative estimate of drug-likeness (QED) is 0.478. The van der Waals surface area contributed by atoms with Gasteiger partial charge in [0.2, 0.25) is 0 Å². The molecule has 0 unspecified atom stereocenters. The highest BCUT2D eigenvalue weighted by atomic mass is 35.5. The summed E-state index contributed by atoms with van der Waals surface area (Å²) in [6, 6.07) is 12.5. The Bertz CT molecular complexity index is 1140. The minimum atomic E-state index is -3.79. The number of hydrogen-bond acceptors (Lipinski definition) is 5. The second kappa shape index (κ2) is 9.34. The van der Waals surface area contributed by atoms with E-state index >= 15 is 0 Å². The number of halogens is 1. The molecule has 0 spiro atoms. The summed E-state index contributed by atoms with van der Waals surface area (Å²) in [5.41, 5.74) is 3.37. The van der Waals surface area contributed by atoms with Gasteiger partial charge in [0.25, 0.3) is 10.0 Å². The molecule has 2 aromatic heterocycles. The maximum absolute atomic E-state index is 13.4. The molecule has 0 aliphatic heterocycles. The van der Waals surface area contributed by atoms with Crippen molar-refractivity contribution >= 4 is 38.9 Å². The number of aromatic nitrogens is 1. The molecule has 160 valence electrons. The van der Waals surface area contributed by atoms with Crippen LogP contribution in [0.25, 0.3) is 0 Å². The van der Waals surface area contributed by atoms with Crippen molar-refractivity contribution in [2.75, 3.05) is 6.61 Å². The zero-order valence-corrected chi connectivity index (χ0v) is 19.3. The largest absolute Gasteiger partial charge is 0.461 e. The molecule has 3 aromatic rings. The summed E-state index contributed by atoms with van der Waals surface area (Å²) < 4.78 is 33.9. The minimum absolute atomic E-state index is 0.111. The summed E-state index contributed by atoms with van der Waals surface area (Å²) in [4.78, 5) is 15.3. The topological polar surface area (TPSA) is 79.5 Å². The molecule has 0 fully saturated rings. The van der Waals surface area contributed by atoms with E-state index in [4.69, 9.17) is 16.3 Å². The number of nitrogens with one attached hydrogen (secondary N) is 1. The van der Waals surface area contributed by atoms with Crippen LogP contribution in [0.5, 0.6) is 0 Å². The molecule has 1 aromatic carbocycles. The number of H-pyrrole nitrogens is 1. The molecule has 30 heavy (non-hydrogen) atoms. The number of carbonyl (C=O) groups is 1. The van der Waals surface area contributed by atoms with E-state index < -0.39 is 16.0 Å². The fraction of sp³-hybridized carbons (Fsp3) is 0.286. The normalized spacial score (nSPS) is 11.8. The highest BCUT2D eigenvalue weighted by molar-refractivity contribution is 7.91. The van der Waals surface area contributed by atoms with Crippen molar-refractivity contribution in [3.8, 4) is 0 Å². The number of thiophene rings is 1. The number of hydrogen-bond donors (Lipinski definition) is 1. The number of benzene rings is 1. The molecule has 0 amide bonds. The minimum Gasteiger partial charge on any atom is -0.461 e. The lowest BCUT2D eigenvalue weighted by molar-refractivity contribution is 0.0519. The lowest BCUT2D eigenvalue weighted by Gasteiger charge is -2.22. The summed E-state index contributed by atoms with van der Waals surface area (Å²) in [6.07, 6.45) is 0. The van der Waals surface area contributed by atoms with Gasteiger partial charge in [-0.3, -0.25) is 0 Å².